The summed E-state index contributed by atoms with van der Waals surface area (Å²) in [7, 11) is 1.61. The molecule has 0 unspecified atom stereocenters. The number of methoxy groups -OCH3 is 1. The first-order chi connectivity index (χ1) is 12.1. The molecule has 132 valence electrons. The van der Waals surface area contributed by atoms with Crippen molar-refractivity contribution in [3.8, 4) is 5.75 Å². The zero-order valence-electron chi connectivity index (χ0n) is 14.0. The van der Waals surface area contributed by atoms with Crippen molar-refractivity contribution in [3.63, 3.8) is 0 Å². The second kappa shape index (κ2) is 9.74. The van der Waals surface area contributed by atoms with Gasteiger partial charge >= 0.3 is 5.97 Å². The molecule has 1 amide bonds. The largest absolute Gasteiger partial charge is 0.497 e. The summed E-state index contributed by atoms with van der Waals surface area (Å²) in [6.07, 6.45) is 0.531. The molecule has 0 spiro atoms. The number of aliphatic carboxylic acids is 1. The third kappa shape index (κ3) is 6.51. The highest BCUT2D eigenvalue weighted by atomic mass is 32.2. The van der Waals surface area contributed by atoms with E-state index in [1.165, 1.54) is 0 Å². The first kappa shape index (κ1) is 18.9. The van der Waals surface area contributed by atoms with Crippen LogP contribution >= 0.6 is 11.8 Å². The Morgan fingerprint density at radius 2 is 1.80 bits per heavy atom. The van der Waals surface area contributed by atoms with Gasteiger partial charge in [-0.25, -0.2) is 4.79 Å². The Balaban J connectivity index is 1.79. The number of benzene rings is 2. The van der Waals surface area contributed by atoms with Crippen LogP contribution in [0.3, 0.4) is 0 Å². The zero-order chi connectivity index (χ0) is 18.1. The number of carbonyl (C=O) groups excluding carboxylic acids is 1. The van der Waals surface area contributed by atoms with Crippen molar-refractivity contribution in [3.05, 3.63) is 60.2 Å². The van der Waals surface area contributed by atoms with E-state index in [1.54, 1.807) is 18.9 Å². The van der Waals surface area contributed by atoms with E-state index in [0.29, 0.717) is 5.75 Å². The number of carboxylic acid groups (broad SMARTS) is 1. The summed E-state index contributed by atoms with van der Waals surface area (Å²) in [5.74, 6) is 0.0761. The quantitative estimate of drug-likeness (QED) is 0.673. The maximum atomic E-state index is 12.0. The van der Waals surface area contributed by atoms with Gasteiger partial charge < -0.3 is 15.2 Å². The second-order valence-electron chi connectivity index (χ2n) is 5.42. The number of rotatable bonds is 9. The normalized spacial score (nSPS) is 11.6. The lowest BCUT2D eigenvalue weighted by atomic mass is 10.1. The zero-order valence-corrected chi connectivity index (χ0v) is 14.8. The van der Waals surface area contributed by atoms with Gasteiger partial charge in [0, 0.05) is 23.5 Å². The molecule has 1 atom stereocenters. The maximum absolute atomic E-state index is 12.0. The predicted octanol–water partition coefficient (Wildman–Crippen LogP) is 2.99. The van der Waals surface area contributed by atoms with E-state index in [2.05, 4.69) is 5.32 Å². The molecule has 0 bridgehead atoms. The SMILES string of the molecule is COc1ccc(SCCC(=O)N[C@H](Cc2ccccc2)C(=O)O)cc1. The number of hydrogen-bond acceptors (Lipinski definition) is 4. The Kier molecular flexibility index (Phi) is 7.35. The number of ether oxygens (including phenoxy) is 1. The predicted molar refractivity (Wildman–Crippen MR) is 98.0 cm³/mol. The van der Waals surface area contributed by atoms with Gasteiger partial charge in [-0.3, -0.25) is 4.79 Å². The van der Waals surface area contributed by atoms with E-state index < -0.39 is 12.0 Å². The molecule has 0 heterocycles. The summed E-state index contributed by atoms with van der Waals surface area (Å²) in [5, 5.41) is 11.9. The van der Waals surface area contributed by atoms with Gasteiger partial charge in [0.25, 0.3) is 0 Å². The summed E-state index contributed by atoms with van der Waals surface area (Å²) in [6.45, 7) is 0. The third-order valence-electron chi connectivity index (χ3n) is 3.57. The lowest BCUT2D eigenvalue weighted by Gasteiger charge is -2.14. The fourth-order valence-corrected chi connectivity index (χ4v) is 3.10. The second-order valence-corrected chi connectivity index (χ2v) is 6.59. The Morgan fingerprint density at radius 1 is 1.12 bits per heavy atom. The van der Waals surface area contributed by atoms with Crippen molar-refractivity contribution in [2.45, 2.75) is 23.8 Å². The van der Waals surface area contributed by atoms with Crippen molar-refractivity contribution >= 4 is 23.6 Å². The van der Waals surface area contributed by atoms with E-state index >= 15 is 0 Å². The number of nitrogens with one attached hydrogen (secondary N) is 1. The van der Waals surface area contributed by atoms with Crippen LogP contribution in [0.1, 0.15) is 12.0 Å². The lowest BCUT2D eigenvalue weighted by Crippen LogP contribution is -2.42. The number of amides is 1. The molecule has 0 radical (unpaired) electrons. The molecule has 0 saturated carbocycles. The van der Waals surface area contributed by atoms with Crippen LogP contribution in [-0.2, 0) is 16.0 Å². The van der Waals surface area contributed by atoms with Crippen molar-refractivity contribution in [2.24, 2.45) is 0 Å². The first-order valence-corrected chi connectivity index (χ1v) is 8.90. The van der Waals surface area contributed by atoms with E-state index in [1.807, 2.05) is 54.6 Å². The van der Waals surface area contributed by atoms with Gasteiger partial charge in [-0.1, -0.05) is 30.3 Å². The number of carboxylic acids is 1. The van der Waals surface area contributed by atoms with E-state index in [4.69, 9.17) is 4.74 Å². The maximum Gasteiger partial charge on any atom is 0.326 e. The average Bonchev–Trinajstić information content (AvgIpc) is 2.62. The minimum Gasteiger partial charge on any atom is -0.497 e. The van der Waals surface area contributed by atoms with Crippen LogP contribution < -0.4 is 10.1 Å². The Hall–Kier alpha value is -2.47. The van der Waals surface area contributed by atoms with E-state index in [-0.39, 0.29) is 18.7 Å². The summed E-state index contributed by atoms with van der Waals surface area (Å²) in [6, 6.07) is 15.9. The molecule has 2 N–H and O–H groups in total. The highest BCUT2D eigenvalue weighted by Crippen LogP contribution is 2.21. The van der Waals surface area contributed by atoms with Gasteiger partial charge in [0.05, 0.1) is 7.11 Å². The molecule has 25 heavy (non-hydrogen) atoms. The smallest absolute Gasteiger partial charge is 0.326 e. The highest BCUT2D eigenvalue weighted by Gasteiger charge is 2.20. The standard InChI is InChI=1S/C19H21NO4S/c1-24-15-7-9-16(10-8-15)25-12-11-18(21)20-17(19(22)23)13-14-5-3-2-4-6-14/h2-10,17H,11-13H2,1H3,(H,20,21)(H,22,23)/t17-/m1/s1. The molecule has 2 aromatic rings. The van der Waals surface area contributed by atoms with Crippen LogP contribution in [0.15, 0.2) is 59.5 Å². The molecule has 0 aliphatic heterocycles. The molecule has 6 heteroatoms. The Bertz CT molecular complexity index is 688. The molecule has 0 aromatic heterocycles. The molecule has 2 aromatic carbocycles. The third-order valence-corrected chi connectivity index (χ3v) is 4.59. The Labute approximate surface area is 151 Å². The van der Waals surface area contributed by atoms with Gasteiger partial charge in [0.2, 0.25) is 5.91 Å². The van der Waals surface area contributed by atoms with Crippen LogP contribution in [-0.4, -0.2) is 35.9 Å². The molecular weight excluding hydrogens is 338 g/mol. The minimum absolute atomic E-state index is 0.259. The fraction of sp³-hybridized carbons (Fsp3) is 0.263. The van der Waals surface area contributed by atoms with Crippen LogP contribution in [0.25, 0.3) is 0 Å². The van der Waals surface area contributed by atoms with Gasteiger partial charge in [-0.15, -0.1) is 11.8 Å². The van der Waals surface area contributed by atoms with E-state index in [9.17, 15) is 14.7 Å². The summed E-state index contributed by atoms with van der Waals surface area (Å²) in [4.78, 5) is 24.4. The molecule has 2 rings (SSSR count). The van der Waals surface area contributed by atoms with Gasteiger partial charge in [-0.05, 0) is 29.8 Å². The molecule has 0 fully saturated rings. The highest BCUT2D eigenvalue weighted by molar-refractivity contribution is 7.99. The minimum atomic E-state index is -1.03. The summed E-state index contributed by atoms with van der Waals surface area (Å²) < 4.78 is 5.10. The fourth-order valence-electron chi connectivity index (χ4n) is 2.25. The van der Waals surface area contributed by atoms with Gasteiger partial charge in [0.1, 0.15) is 11.8 Å². The molecule has 5 nitrogen and oxygen atoms in total. The topological polar surface area (TPSA) is 75.6 Å². The lowest BCUT2D eigenvalue weighted by molar-refractivity contribution is -0.141. The Morgan fingerprint density at radius 3 is 2.40 bits per heavy atom. The average molecular weight is 359 g/mol. The van der Waals surface area contributed by atoms with Crippen molar-refractivity contribution in [2.75, 3.05) is 12.9 Å². The molecule has 0 aliphatic carbocycles. The van der Waals surface area contributed by atoms with Gasteiger partial charge in [0.15, 0.2) is 0 Å². The first-order valence-electron chi connectivity index (χ1n) is 7.91. The molecule has 0 aliphatic rings. The summed E-state index contributed by atoms with van der Waals surface area (Å²) >= 11 is 1.54. The number of thioether (sulfide) groups is 1. The number of hydrogen-bond donors (Lipinski definition) is 2. The number of carbonyl (C=O) groups is 2. The molecule has 0 saturated heterocycles. The molecular formula is C19H21NO4S. The van der Waals surface area contributed by atoms with Crippen LogP contribution in [0, 0.1) is 0 Å². The monoisotopic (exact) mass is 359 g/mol. The van der Waals surface area contributed by atoms with Crippen molar-refractivity contribution in [1.82, 2.24) is 5.32 Å². The van der Waals surface area contributed by atoms with E-state index in [0.717, 1.165) is 16.2 Å². The van der Waals surface area contributed by atoms with Crippen LogP contribution in [0.2, 0.25) is 0 Å². The van der Waals surface area contributed by atoms with Crippen LogP contribution in [0.5, 0.6) is 5.75 Å². The van der Waals surface area contributed by atoms with Crippen molar-refractivity contribution < 1.29 is 19.4 Å². The van der Waals surface area contributed by atoms with Crippen molar-refractivity contribution in [1.29, 1.82) is 0 Å². The summed E-state index contributed by atoms with van der Waals surface area (Å²) in [5.41, 5.74) is 0.878. The van der Waals surface area contributed by atoms with Gasteiger partial charge in [-0.2, -0.15) is 0 Å². The van der Waals surface area contributed by atoms with Crippen LogP contribution in [0.4, 0.5) is 0 Å².